The molecule has 1 atom stereocenters. The first-order chi connectivity index (χ1) is 9.17. The summed E-state index contributed by atoms with van der Waals surface area (Å²) in [5.74, 6) is 0. The maximum atomic E-state index is 4.11. The van der Waals surface area contributed by atoms with Crippen LogP contribution in [0, 0.1) is 0 Å². The fraction of sp³-hybridized carbons (Fsp3) is 0.250. The third-order valence-corrected chi connectivity index (χ3v) is 3.44. The second-order valence-corrected chi connectivity index (χ2v) is 4.67. The topological polar surface area (TPSA) is 27.3 Å². The molecule has 0 bridgehead atoms. The number of allylic oxidation sites excluding steroid dienone is 1. The Hall–Kier alpha value is -2.16. The number of benzene rings is 1. The minimum Gasteiger partial charge on any atom is -0.386 e. The van der Waals surface area contributed by atoms with Crippen LogP contribution >= 0.6 is 0 Å². The van der Waals surface area contributed by atoms with Crippen LogP contribution in [0.4, 0.5) is 11.4 Å². The van der Waals surface area contributed by atoms with Crippen molar-refractivity contribution in [1.29, 1.82) is 0 Å². The summed E-state index contributed by atoms with van der Waals surface area (Å²) in [5.41, 5.74) is 4.20. The van der Waals surface area contributed by atoms with Crippen molar-refractivity contribution >= 4 is 11.4 Å². The van der Waals surface area contributed by atoms with Crippen LogP contribution < -0.4 is 15.5 Å². The van der Waals surface area contributed by atoms with Gasteiger partial charge >= 0.3 is 0 Å². The van der Waals surface area contributed by atoms with E-state index < -0.39 is 0 Å². The SMILES string of the molecule is C=CN(c1ccccc1NC)C1CCC(=C)NC1=C. The molecule has 0 radical (unpaired) electrons. The highest BCUT2D eigenvalue weighted by Crippen LogP contribution is 2.32. The van der Waals surface area contributed by atoms with E-state index in [1.54, 1.807) is 0 Å². The van der Waals surface area contributed by atoms with E-state index in [1.807, 2.05) is 25.4 Å². The predicted molar refractivity (Wildman–Crippen MR) is 83.1 cm³/mol. The van der Waals surface area contributed by atoms with Crippen LogP contribution in [0.3, 0.4) is 0 Å². The highest BCUT2D eigenvalue weighted by molar-refractivity contribution is 5.72. The average Bonchev–Trinajstić information content (AvgIpc) is 2.42. The first-order valence-corrected chi connectivity index (χ1v) is 6.48. The van der Waals surface area contributed by atoms with Crippen LogP contribution in [0.1, 0.15) is 12.8 Å². The lowest BCUT2D eigenvalue weighted by molar-refractivity contribution is 0.572. The molecule has 0 saturated carbocycles. The Bertz CT molecular complexity index is 504. The summed E-state index contributed by atoms with van der Waals surface area (Å²) in [7, 11) is 1.93. The fourth-order valence-corrected chi connectivity index (χ4v) is 2.47. The molecule has 2 rings (SSSR count). The van der Waals surface area contributed by atoms with Crippen molar-refractivity contribution < 1.29 is 0 Å². The van der Waals surface area contributed by atoms with E-state index in [2.05, 4.69) is 47.4 Å². The van der Waals surface area contributed by atoms with Gasteiger partial charge < -0.3 is 15.5 Å². The molecule has 0 aromatic heterocycles. The maximum absolute atomic E-state index is 4.11. The first kappa shape index (κ1) is 13.3. The second-order valence-electron chi connectivity index (χ2n) is 4.67. The van der Waals surface area contributed by atoms with E-state index in [0.29, 0.717) is 0 Å². The Balaban J connectivity index is 2.32. The van der Waals surface area contributed by atoms with E-state index in [4.69, 9.17) is 0 Å². The van der Waals surface area contributed by atoms with Crippen molar-refractivity contribution in [2.45, 2.75) is 18.9 Å². The molecule has 1 saturated heterocycles. The Morgan fingerprint density at radius 1 is 1.37 bits per heavy atom. The lowest BCUT2D eigenvalue weighted by atomic mass is 10.00. The van der Waals surface area contributed by atoms with Gasteiger partial charge in [0.15, 0.2) is 0 Å². The predicted octanol–water partition coefficient (Wildman–Crippen LogP) is 3.46. The van der Waals surface area contributed by atoms with E-state index >= 15 is 0 Å². The molecule has 0 amide bonds. The summed E-state index contributed by atoms with van der Waals surface area (Å²) in [6.07, 6.45) is 3.81. The molecule has 3 nitrogen and oxygen atoms in total. The van der Waals surface area contributed by atoms with Crippen molar-refractivity contribution in [1.82, 2.24) is 5.32 Å². The molecule has 19 heavy (non-hydrogen) atoms. The van der Waals surface area contributed by atoms with E-state index in [1.165, 1.54) is 0 Å². The summed E-state index contributed by atoms with van der Waals surface area (Å²) >= 11 is 0. The smallest absolute Gasteiger partial charge is 0.0733 e. The Morgan fingerprint density at radius 3 is 2.74 bits per heavy atom. The van der Waals surface area contributed by atoms with E-state index in [0.717, 1.165) is 35.6 Å². The van der Waals surface area contributed by atoms with Crippen LogP contribution in [0.25, 0.3) is 0 Å². The lowest BCUT2D eigenvalue weighted by Gasteiger charge is -2.37. The number of nitrogens with zero attached hydrogens (tertiary/aromatic N) is 1. The molecule has 1 heterocycles. The first-order valence-electron chi connectivity index (χ1n) is 6.48. The molecule has 1 aromatic carbocycles. The Labute approximate surface area is 115 Å². The third-order valence-electron chi connectivity index (χ3n) is 3.44. The second kappa shape index (κ2) is 5.65. The van der Waals surface area contributed by atoms with Crippen LogP contribution in [0.2, 0.25) is 0 Å². The van der Waals surface area contributed by atoms with Crippen LogP contribution in [0.5, 0.6) is 0 Å². The Kier molecular flexibility index (Phi) is 3.95. The maximum Gasteiger partial charge on any atom is 0.0733 e. The summed E-state index contributed by atoms with van der Waals surface area (Å²) in [6.45, 7) is 12.0. The fourth-order valence-electron chi connectivity index (χ4n) is 2.47. The van der Waals surface area contributed by atoms with Gasteiger partial charge in [-0.2, -0.15) is 0 Å². The highest BCUT2D eigenvalue weighted by atomic mass is 15.2. The number of hydrogen-bond acceptors (Lipinski definition) is 3. The number of nitrogens with one attached hydrogen (secondary N) is 2. The van der Waals surface area contributed by atoms with Gasteiger partial charge in [-0.05, 0) is 31.2 Å². The van der Waals surface area contributed by atoms with Gasteiger partial charge in [-0.1, -0.05) is 31.9 Å². The average molecular weight is 255 g/mol. The minimum absolute atomic E-state index is 0.206. The molecular formula is C16H21N3. The highest BCUT2D eigenvalue weighted by Gasteiger charge is 2.25. The zero-order valence-corrected chi connectivity index (χ0v) is 11.4. The lowest BCUT2D eigenvalue weighted by Crippen LogP contribution is -2.40. The molecule has 1 aliphatic rings. The van der Waals surface area contributed by atoms with Crippen LogP contribution in [0.15, 0.2) is 61.6 Å². The largest absolute Gasteiger partial charge is 0.386 e. The van der Waals surface area contributed by atoms with E-state index in [9.17, 15) is 0 Å². The monoisotopic (exact) mass is 255 g/mol. The van der Waals surface area contributed by atoms with Crippen LogP contribution in [-0.2, 0) is 0 Å². The zero-order chi connectivity index (χ0) is 13.8. The van der Waals surface area contributed by atoms with Crippen molar-refractivity contribution in [3.63, 3.8) is 0 Å². The van der Waals surface area contributed by atoms with Crippen molar-refractivity contribution in [2.24, 2.45) is 0 Å². The number of anilines is 2. The quantitative estimate of drug-likeness (QED) is 0.863. The molecular weight excluding hydrogens is 234 g/mol. The van der Waals surface area contributed by atoms with Crippen LogP contribution in [-0.4, -0.2) is 13.1 Å². The molecule has 0 spiro atoms. The molecule has 100 valence electrons. The van der Waals surface area contributed by atoms with Gasteiger partial charge in [0.2, 0.25) is 0 Å². The van der Waals surface area contributed by atoms with E-state index in [-0.39, 0.29) is 6.04 Å². The number of hydrogen-bond donors (Lipinski definition) is 2. The molecule has 0 aliphatic carbocycles. The Morgan fingerprint density at radius 2 is 2.11 bits per heavy atom. The zero-order valence-electron chi connectivity index (χ0n) is 11.4. The normalized spacial score (nSPS) is 18.7. The van der Waals surface area contributed by atoms with Gasteiger partial charge in [0.1, 0.15) is 0 Å². The van der Waals surface area contributed by atoms with Crippen molar-refractivity contribution in [2.75, 3.05) is 17.3 Å². The molecule has 1 aromatic rings. The molecule has 1 aliphatic heterocycles. The third kappa shape index (κ3) is 2.65. The summed E-state index contributed by atoms with van der Waals surface area (Å²) in [5, 5.41) is 6.47. The standard InChI is InChI=1S/C16H21N3/c1-5-19(15-11-10-12(2)18-13(15)3)16-9-7-6-8-14(16)17-4/h5-9,15,17-18H,1-3,10-11H2,4H3. The van der Waals surface area contributed by atoms with Crippen molar-refractivity contribution in [3.05, 3.63) is 61.6 Å². The number of para-hydroxylation sites is 2. The summed E-state index contributed by atoms with van der Waals surface area (Å²) in [4.78, 5) is 2.16. The summed E-state index contributed by atoms with van der Waals surface area (Å²) in [6, 6.07) is 8.41. The van der Waals surface area contributed by atoms with Gasteiger partial charge in [-0.3, -0.25) is 0 Å². The minimum atomic E-state index is 0.206. The van der Waals surface area contributed by atoms with Crippen molar-refractivity contribution in [3.8, 4) is 0 Å². The molecule has 1 fully saturated rings. The number of rotatable bonds is 4. The van der Waals surface area contributed by atoms with Gasteiger partial charge in [-0.25, -0.2) is 0 Å². The molecule has 3 heteroatoms. The molecule has 1 unspecified atom stereocenters. The molecule has 2 N–H and O–H groups in total. The summed E-state index contributed by atoms with van der Waals surface area (Å²) < 4.78 is 0. The number of piperidine rings is 1. The van der Waals surface area contributed by atoms with Gasteiger partial charge in [0.05, 0.1) is 17.4 Å². The van der Waals surface area contributed by atoms with Gasteiger partial charge in [-0.15, -0.1) is 0 Å². The van der Waals surface area contributed by atoms with Gasteiger partial charge in [0, 0.05) is 18.4 Å². The van der Waals surface area contributed by atoms with Gasteiger partial charge in [0.25, 0.3) is 0 Å².